The van der Waals surface area contributed by atoms with Gasteiger partial charge in [-0.3, -0.25) is 9.59 Å². The number of nitrogens with one attached hydrogen (secondary N) is 1. The van der Waals surface area contributed by atoms with E-state index >= 15 is 0 Å². The van der Waals surface area contributed by atoms with Crippen LogP contribution in [0.3, 0.4) is 0 Å². The Morgan fingerprint density at radius 2 is 1.84 bits per heavy atom. The molecule has 1 N–H and O–H groups in total. The third kappa shape index (κ3) is 6.94. The molecule has 11 heteroatoms. The lowest BCUT2D eigenvalue weighted by atomic mass is 9.93. The highest BCUT2D eigenvalue weighted by molar-refractivity contribution is 9.10. The van der Waals surface area contributed by atoms with Crippen molar-refractivity contribution in [1.29, 1.82) is 0 Å². The second-order valence-corrected chi connectivity index (χ2v) is 11.8. The Bertz CT molecular complexity index is 1230. The lowest BCUT2D eigenvalue weighted by Crippen LogP contribution is -2.36. The number of carbonyl (C=O) groups excluding carboxylic acids is 2. The van der Waals surface area contributed by atoms with Crippen molar-refractivity contribution in [2.45, 2.75) is 37.8 Å². The highest BCUT2D eigenvalue weighted by Crippen LogP contribution is 2.50. The monoisotopic (exact) mass is 651 g/mol. The molecule has 2 unspecified atom stereocenters. The summed E-state index contributed by atoms with van der Waals surface area (Å²) in [7, 11) is 0. The van der Waals surface area contributed by atoms with E-state index in [4.69, 9.17) is 39.5 Å². The Balaban J connectivity index is 1.45. The van der Waals surface area contributed by atoms with Gasteiger partial charge in [0.2, 0.25) is 5.91 Å². The molecule has 2 fully saturated rings. The average molecular weight is 654 g/mol. The molecule has 1 saturated carbocycles. The Morgan fingerprint density at radius 3 is 2.39 bits per heavy atom. The highest BCUT2D eigenvalue weighted by Gasteiger charge is 2.51. The second-order valence-electron chi connectivity index (χ2n) is 9.74. The average Bonchev–Trinajstić information content (AvgIpc) is 3.43. The van der Waals surface area contributed by atoms with Crippen molar-refractivity contribution >= 4 is 68.5 Å². The van der Waals surface area contributed by atoms with Crippen LogP contribution >= 0.6 is 50.7 Å². The quantitative estimate of drug-likeness (QED) is 0.219. The molecule has 1 saturated heterocycles. The Morgan fingerprint density at radius 1 is 1.16 bits per heavy atom. The molecule has 1 amide bonds. The first-order valence-corrected chi connectivity index (χ1v) is 13.9. The topological polar surface area (TPSA) is 55.4 Å². The fourth-order valence-electron chi connectivity index (χ4n) is 4.44. The summed E-state index contributed by atoms with van der Waals surface area (Å²) in [5, 5.41) is 2.80. The number of amides is 1. The first kappa shape index (κ1) is 29.4. The highest BCUT2D eigenvalue weighted by atomic mass is 79.9. The number of hydrogen-bond donors (Lipinski definition) is 1. The molecule has 0 spiro atoms. The normalized spacial score (nSPS) is 19.5. The summed E-state index contributed by atoms with van der Waals surface area (Å²) >= 11 is 21.1. The molecule has 4 nitrogen and oxygen atoms in total. The summed E-state index contributed by atoms with van der Waals surface area (Å²) in [6, 6.07) is 6.96. The van der Waals surface area contributed by atoms with Crippen LogP contribution in [0.2, 0.25) is 15.1 Å². The van der Waals surface area contributed by atoms with Gasteiger partial charge in [-0.25, -0.2) is 0 Å². The van der Waals surface area contributed by atoms with Gasteiger partial charge in [0.1, 0.15) is 0 Å². The van der Waals surface area contributed by atoms with Crippen molar-refractivity contribution in [3.63, 3.8) is 0 Å². The van der Waals surface area contributed by atoms with Gasteiger partial charge < -0.3 is 10.1 Å². The van der Waals surface area contributed by atoms with Crippen molar-refractivity contribution in [2.24, 2.45) is 11.3 Å². The van der Waals surface area contributed by atoms with E-state index in [1.807, 2.05) is 0 Å². The van der Waals surface area contributed by atoms with Gasteiger partial charge in [0.25, 0.3) is 0 Å². The van der Waals surface area contributed by atoms with E-state index in [0.29, 0.717) is 54.1 Å². The molecule has 204 valence electrons. The smallest absolute Gasteiger partial charge is 0.381 e. The first-order chi connectivity index (χ1) is 17.9. The van der Waals surface area contributed by atoms with Gasteiger partial charge in [-0.05, 0) is 54.7 Å². The van der Waals surface area contributed by atoms with Crippen LogP contribution in [-0.4, -0.2) is 37.6 Å². The summed E-state index contributed by atoms with van der Waals surface area (Å²) in [4.78, 5) is 25.8. The molecule has 1 aliphatic heterocycles. The van der Waals surface area contributed by atoms with E-state index in [-0.39, 0.29) is 38.7 Å². The van der Waals surface area contributed by atoms with E-state index in [1.54, 1.807) is 18.2 Å². The van der Waals surface area contributed by atoms with E-state index in [1.165, 1.54) is 6.08 Å². The van der Waals surface area contributed by atoms with Gasteiger partial charge in [-0.2, -0.15) is 13.2 Å². The largest absolute Gasteiger partial charge is 0.399 e. The van der Waals surface area contributed by atoms with Crippen molar-refractivity contribution < 1.29 is 27.5 Å². The number of alkyl halides is 3. The number of ketones is 1. The minimum Gasteiger partial charge on any atom is -0.381 e. The van der Waals surface area contributed by atoms with Gasteiger partial charge in [0.15, 0.2) is 5.78 Å². The number of Topliss-reactive ketones (excluding diaryl/α,β-unsaturated/α-hetero) is 1. The fraction of sp³-hybridized carbons (Fsp3) is 0.407. The molecule has 0 aromatic heterocycles. The van der Waals surface area contributed by atoms with Gasteiger partial charge in [0.05, 0.1) is 33.0 Å². The molecule has 2 aromatic rings. The lowest BCUT2D eigenvalue weighted by Gasteiger charge is -2.18. The molecule has 2 atom stereocenters. The number of ether oxygens (including phenoxy) is 1. The molecule has 38 heavy (non-hydrogen) atoms. The van der Waals surface area contributed by atoms with Crippen LogP contribution in [0, 0.1) is 11.3 Å². The molecule has 2 aromatic carbocycles. The number of hydrogen-bond acceptors (Lipinski definition) is 3. The molecule has 4 rings (SSSR count). The van der Waals surface area contributed by atoms with Crippen LogP contribution in [0.15, 0.2) is 40.9 Å². The van der Waals surface area contributed by atoms with E-state index in [9.17, 15) is 22.8 Å². The van der Waals surface area contributed by atoms with Gasteiger partial charge in [-0.15, -0.1) is 0 Å². The number of rotatable bonds is 9. The van der Waals surface area contributed by atoms with Crippen LogP contribution in [0.5, 0.6) is 0 Å². The van der Waals surface area contributed by atoms with Crippen LogP contribution in [0.25, 0.3) is 6.08 Å². The molecule has 0 bridgehead atoms. The molecule has 1 aliphatic carbocycles. The van der Waals surface area contributed by atoms with Crippen LogP contribution in [0.1, 0.15) is 53.1 Å². The van der Waals surface area contributed by atoms with Gasteiger partial charge >= 0.3 is 6.18 Å². The summed E-state index contributed by atoms with van der Waals surface area (Å²) in [5.74, 6) is -2.00. The summed E-state index contributed by atoms with van der Waals surface area (Å²) in [6.45, 7) is 1.86. The minimum absolute atomic E-state index is 0.0138. The van der Waals surface area contributed by atoms with E-state index in [2.05, 4.69) is 21.2 Å². The third-order valence-electron chi connectivity index (χ3n) is 6.90. The van der Waals surface area contributed by atoms with Crippen LogP contribution < -0.4 is 5.32 Å². The number of benzene rings is 2. The summed E-state index contributed by atoms with van der Waals surface area (Å²) < 4.78 is 47.3. The Labute approximate surface area is 242 Å². The van der Waals surface area contributed by atoms with Crippen molar-refractivity contribution in [2.75, 3.05) is 19.8 Å². The first-order valence-electron chi connectivity index (χ1n) is 12.0. The molecular weight excluding hydrogens is 630 g/mol. The van der Waals surface area contributed by atoms with E-state index in [0.717, 1.165) is 24.6 Å². The van der Waals surface area contributed by atoms with Gasteiger partial charge in [0, 0.05) is 35.5 Å². The molecular formula is C27H24BrCl3F3NO3. The molecule has 2 aliphatic rings. The maximum absolute atomic E-state index is 13.8. The number of halogens is 7. The lowest BCUT2D eigenvalue weighted by molar-refractivity contribution is -0.139. The van der Waals surface area contributed by atoms with Crippen LogP contribution in [-0.2, 0) is 9.53 Å². The van der Waals surface area contributed by atoms with Crippen molar-refractivity contribution in [1.82, 2.24) is 5.32 Å². The van der Waals surface area contributed by atoms with Crippen LogP contribution in [0.4, 0.5) is 13.2 Å². The van der Waals surface area contributed by atoms with Crippen molar-refractivity contribution in [3.8, 4) is 0 Å². The second kappa shape index (κ2) is 11.9. The maximum Gasteiger partial charge on any atom is 0.399 e. The minimum atomic E-state index is -4.60. The zero-order valence-electron chi connectivity index (χ0n) is 20.0. The Hall–Kier alpha value is -1.58. The summed E-state index contributed by atoms with van der Waals surface area (Å²) in [5.41, 5.74) is -0.0247. The Kier molecular flexibility index (Phi) is 9.20. The SMILES string of the molecule is O=C(CC1(C(=O)NCC2CCOC2)CC1)c1ccc(/C=C/C(c2cc(Cl)c(Cl)c(Cl)c2)C(F)(F)F)cc1Br. The zero-order valence-corrected chi connectivity index (χ0v) is 23.9. The molecule has 1 heterocycles. The van der Waals surface area contributed by atoms with Crippen molar-refractivity contribution in [3.05, 3.63) is 72.6 Å². The zero-order chi connectivity index (χ0) is 27.7. The predicted octanol–water partition coefficient (Wildman–Crippen LogP) is 8.27. The van der Waals surface area contributed by atoms with E-state index < -0.39 is 17.5 Å². The summed E-state index contributed by atoms with van der Waals surface area (Å²) in [6.07, 6.45) is -0.0291. The predicted molar refractivity (Wildman–Crippen MR) is 146 cm³/mol. The van der Waals surface area contributed by atoms with Gasteiger partial charge in [-0.1, -0.05) is 69.0 Å². The molecule has 0 radical (unpaired) electrons. The fourth-order valence-corrected chi connectivity index (χ4v) is 5.67. The maximum atomic E-state index is 13.8. The number of carbonyl (C=O) groups is 2. The standard InChI is InChI=1S/C27H24BrCl3F3NO3/c28-20-9-15(2-4-19(27(32,33)34)17-10-21(29)24(31)22(30)11-17)1-3-18(20)23(36)12-26(6-7-26)25(37)35-13-16-5-8-38-14-16/h1-4,9-11,16,19H,5-8,12-14H2,(H,35,37)/b4-2+. The number of allylic oxidation sites excluding steroid dienone is 1. The third-order valence-corrected chi connectivity index (χ3v) is 8.75.